The number of hydrogen-bond donors (Lipinski definition) is 0. The average molecular weight is 401 g/mol. The van der Waals surface area contributed by atoms with E-state index in [-0.39, 0.29) is 18.2 Å². The van der Waals surface area contributed by atoms with Crippen molar-refractivity contribution >= 4 is 17.4 Å². The molecule has 4 rings (SSSR count). The topological polar surface area (TPSA) is 82.8 Å². The second kappa shape index (κ2) is 8.11. The van der Waals surface area contributed by atoms with Crippen LogP contribution in [0.1, 0.15) is 53.6 Å². The molecule has 1 amide bonds. The monoisotopic (exact) mass is 401 g/mol. The Morgan fingerprint density at radius 2 is 1.90 bits per heavy atom. The first-order valence-electron chi connectivity index (χ1n) is 10.2. The summed E-state index contributed by atoms with van der Waals surface area (Å²) in [7, 11) is 1.60. The summed E-state index contributed by atoms with van der Waals surface area (Å²) in [6, 6.07) is 15.9. The van der Waals surface area contributed by atoms with E-state index in [2.05, 4.69) is 6.07 Å². The predicted octanol–water partition coefficient (Wildman–Crippen LogP) is 3.74. The number of hydrogen-bond acceptors (Lipinski definition) is 5. The Hall–Kier alpha value is -3.46. The predicted molar refractivity (Wildman–Crippen MR) is 113 cm³/mol. The first-order valence-corrected chi connectivity index (χ1v) is 10.2. The minimum Gasteiger partial charge on any atom is -0.497 e. The molecule has 0 atom stereocenters. The van der Waals surface area contributed by atoms with Crippen LogP contribution in [-0.4, -0.2) is 41.6 Å². The van der Waals surface area contributed by atoms with Crippen molar-refractivity contribution in [1.82, 2.24) is 4.90 Å². The molecule has 1 aliphatic carbocycles. The molecule has 1 fully saturated rings. The molecule has 0 radical (unpaired) electrons. The summed E-state index contributed by atoms with van der Waals surface area (Å²) in [5, 5.41) is 9.11. The zero-order valence-electron chi connectivity index (χ0n) is 16.9. The average Bonchev–Trinajstić information content (AvgIpc) is 3.05. The van der Waals surface area contributed by atoms with Crippen molar-refractivity contribution in [2.45, 2.75) is 37.8 Å². The Morgan fingerprint density at radius 3 is 2.57 bits per heavy atom. The number of rotatable bonds is 5. The van der Waals surface area contributed by atoms with Crippen molar-refractivity contribution in [2.24, 2.45) is 4.99 Å². The molecular formula is C24H23N3O3. The van der Waals surface area contributed by atoms with Gasteiger partial charge in [-0.2, -0.15) is 5.26 Å². The number of methoxy groups -OCH3 is 1. The van der Waals surface area contributed by atoms with E-state index < -0.39 is 5.66 Å². The lowest BCUT2D eigenvalue weighted by molar-refractivity contribution is -0.128. The van der Waals surface area contributed by atoms with E-state index in [4.69, 9.17) is 15.0 Å². The van der Waals surface area contributed by atoms with Crippen molar-refractivity contribution < 1.29 is 14.3 Å². The number of ether oxygens (including phenoxy) is 1. The fourth-order valence-corrected chi connectivity index (χ4v) is 4.29. The van der Waals surface area contributed by atoms with Crippen LogP contribution >= 0.6 is 0 Å². The molecule has 6 nitrogen and oxygen atoms in total. The molecule has 1 saturated carbocycles. The molecule has 0 bridgehead atoms. The van der Waals surface area contributed by atoms with Crippen molar-refractivity contribution in [3.8, 4) is 11.8 Å². The van der Waals surface area contributed by atoms with E-state index in [0.717, 1.165) is 37.7 Å². The van der Waals surface area contributed by atoms with Gasteiger partial charge in [0.1, 0.15) is 17.1 Å². The summed E-state index contributed by atoms with van der Waals surface area (Å²) >= 11 is 0. The number of amides is 1. The summed E-state index contributed by atoms with van der Waals surface area (Å²) < 4.78 is 5.21. The molecule has 1 heterocycles. The maximum absolute atomic E-state index is 13.4. The zero-order valence-corrected chi connectivity index (χ0v) is 16.9. The van der Waals surface area contributed by atoms with Gasteiger partial charge >= 0.3 is 0 Å². The van der Waals surface area contributed by atoms with Crippen LogP contribution in [0.4, 0.5) is 0 Å². The number of carbonyl (C=O) groups excluding carboxylic acids is 2. The van der Waals surface area contributed by atoms with Crippen LogP contribution in [0.2, 0.25) is 0 Å². The number of nitriles is 1. The molecule has 0 unspecified atom stereocenters. The number of carbonyl (C=O) groups is 2. The Labute approximate surface area is 175 Å². The van der Waals surface area contributed by atoms with E-state index >= 15 is 0 Å². The largest absolute Gasteiger partial charge is 0.497 e. The third kappa shape index (κ3) is 3.59. The first kappa shape index (κ1) is 19.8. The first-order chi connectivity index (χ1) is 14.6. The fourth-order valence-electron chi connectivity index (χ4n) is 4.29. The number of nitrogens with zero attached hydrogens (tertiary/aromatic N) is 3. The summed E-state index contributed by atoms with van der Waals surface area (Å²) in [5.41, 5.74) is 1.33. The third-order valence-electron chi connectivity index (χ3n) is 5.90. The van der Waals surface area contributed by atoms with Gasteiger partial charge in [-0.3, -0.25) is 14.6 Å². The minimum absolute atomic E-state index is 0.0448. The molecule has 1 aliphatic heterocycles. The highest BCUT2D eigenvalue weighted by Crippen LogP contribution is 2.39. The molecule has 0 saturated heterocycles. The van der Waals surface area contributed by atoms with Gasteiger partial charge in [0.15, 0.2) is 5.78 Å². The molecule has 2 aliphatic rings. The molecule has 30 heavy (non-hydrogen) atoms. The van der Waals surface area contributed by atoms with E-state index in [1.165, 1.54) is 0 Å². The van der Waals surface area contributed by atoms with Gasteiger partial charge in [-0.05, 0) is 62.1 Å². The zero-order chi connectivity index (χ0) is 21.1. The highest BCUT2D eigenvalue weighted by Gasteiger charge is 2.48. The van der Waals surface area contributed by atoms with Gasteiger partial charge in [0.25, 0.3) is 5.91 Å². The van der Waals surface area contributed by atoms with Crippen molar-refractivity contribution in [1.29, 1.82) is 5.26 Å². The molecule has 152 valence electrons. The van der Waals surface area contributed by atoms with Crippen LogP contribution in [0.15, 0.2) is 53.5 Å². The third-order valence-corrected chi connectivity index (χ3v) is 5.90. The SMILES string of the molecule is COc1ccc(C2=NC3(CCCCC3)N(CC(=O)c3cccc(C#N)c3)C2=O)cc1. The van der Waals surface area contributed by atoms with Crippen LogP contribution in [0, 0.1) is 11.3 Å². The van der Waals surface area contributed by atoms with E-state index in [0.29, 0.717) is 22.6 Å². The standard InChI is InChI=1S/C24H23N3O3/c1-30-20-10-8-18(9-11-20)22-23(29)27(24(26-22)12-3-2-4-13-24)16-21(28)19-7-5-6-17(14-19)15-25/h5-11,14H,2-4,12-13,16H2,1H3. The van der Waals surface area contributed by atoms with Gasteiger partial charge in [-0.1, -0.05) is 18.6 Å². The normalized spacial score (nSPS) is 17.5. The molecule has 2 aromatic carbocycles. The highest BCUT2D eigenvalue weighted by atomic mass is 16.5. The van der Waals surface area contributed by atoms with E-state index in [1.807, 2.05) is 12.1 Å². The second-order valence-corrected chi connectivity index (χ2v) is 7.74. The summed E-state index contributed by atoms with van der Waals surface area (Å²) in [4.78, 5) is 32.9. The smallest absolute Gasteiger partial charge is 0.275 e. The number of benzene rings is 2. The van der Waals surface area contributed by atoms with Gasteiger partial charge < -0.3 is 9.64 Å². The van der Waals surface area contributed by atoms with Crippen molar-refractivity contribution in [3.63, 3.8) is 0 Å². The lowest BCUT2D eigenvalue weighted by Crippen LogP contribution is -2.50. The minimum atomic E-state index is -0.660. The van der Waals surface area contributed by atoms with Crippen LogP contribution in [0.3, 0.4) is 0 Å². The molecule has 0 aromatic heterocycles. The Balaban J connectivity index is 1.65. The maximum atomic E-state index is 13.4. The molecule has 0 N–H and O–H groups in total. The van der Waals surface area contributed by atoms with E-state index in [1.54, 1.807) is 48.4 Å². The lowest BCUT2D eigenvalue weighted by atomic mass is 9.88. The summed E-state index contributed by atoms with van der Waals surface area (Å²) in [6.45, 7) is -0.0448. The number of Topliss-reactive ketones (excluding diaryl/α,β-unsaturated/α-hetero) is 1. The summed E-state index contributed by atoms with van der Waals surface area (Å²) in [6.07, 6.45) is 4.56. The Kier molecular flexibility index (Phi) is 5.37. The molecular weight excluding hydrogens is 378 g/mol. The molecule has 2 aromatic rings. The second-order valence-electron chi connectivity index (χ2n) is 7.74. The summed E-state index contributed by atoms with van der Waals surface area (Å²) in [5.74, 6) is 0.310. The van der Waals surface area contributed by atoms with Gasteiger partial charge in [0, 0.05) is 11.1 Å². The van der Waals surface area contributed by atoms with Gasteiger partial charge in [0.05, 0.1) is 25.3 Å². The van der Waals surface area contributed by atoms with E-state index in [9.17, 15) is 9.59 Å². The van der Waals surface area contributed by atoms with Gasteiger partial charge in [-0.25, -0.2) is 0 Å². The Bertz CT molecular complexity index is 1040. The van der Waals surface area contributed by atoms with Crippen molar-refractivity contribution in [3.05, 3.63) is 65.2 Å². The van der Waals surface area contributed by atoms with Crippen LogP contribution < -0.4 is 4.74 Å². The molecule has 6 heteroatoms. The maximum Gasteiger partial charge on any atom is 0.275 e. The fraction of sp³-hybridized carbons (Fsp3) is 0.333. The molecule has 1 spiro atoms. The van der Waals surface area contributed by atoms with Crippen molar-refractivity contribution in [2.75, 3.05) is 13.7 Å². The van der Waals surface area contributed by atoms with Crippen LogP contribution in [0.25, 0.3) is 0 Å². The highest BCUT2D eigenvalue weighted by molar-refractivity contribution is 6.47. The lowest BCUT2D eigenvalue weighted by Gasteiger charge is -2.38. The Morgan fingerprint density at radius 1 is 1.17 bits per heavy atom. The number of ketones is 1. The van der Waals surface area contributed by atoms with Crippen LogP contribution in [0.5, 0.6) is 5.75 Å². The van der Waals surface area contributed by atoms with Crippen LogP contribution in [-0.2, 0) is 4.79 Å². The number of aliphatic imine (C=N–C) groups is 1. The van der Waals surface area contributed by atoms with Gasteiger partial charge in [-0.15, -0.1) is 0 Å². The quantitative estimate of drug-likeness (QED) is 0.715. The van der Waals surface area contributed by atoms with Gasteiger partial charge in [0.2, 0.25) is 0 Å².